The molecule has 2 rings (SSSR count). The minimum Gasteiger partial charge on any atom is -0.298 e. The van der Waals surface area contributed by atoms with Gasteiger partial charge in [-0.2, -0.15) is 0 Å². The third kappa shape index (κ3) is 2.56. The predicted octanol–water partition coefficient (Wildman–Crippen LogP) is 2.27. The van der Waals surface area contributed by atoms with E-state index in [1.54, 1.807) is 0 Å². The SMILES string of the molecule is CC(=O)C(Sc1ncnc2ccccc12)C(C)=O. The molecular formula is C13H12N2O2S. The molecule has 0 aliphatic heterocycles. The zero-order chi connectivity index (χ0) is 13.1. The van der Waals surface area contributed by atoms with Crippen molar-refractivity contribution >= 4 is 34.2 Å². The lowest BCUT2D eigenvalue weighted by molar-refractivity contribution is -0.123. The van der Waals surface area contributed by atoms with Crippen LogP contribution < -0.4 is 0 Å². The van der Waals surface area contributed by atoms with Crippen molar-refractivity contribution in [3.63, 3.8) is 0 Å². The highest BCUT2D eigenvalue weighted by molar-refractivity contribution is 8.01. The van der Waals surface area contributed by atoms with Crippen molar-refractivity contribution in [1.82, 2.24) is 9.97 Å². The molecule has 0 amide bonds. The summed E-state index contributed by atoms with van der Waals surface area (Å²) in [5.41, 5.74) is 0.806. The molecule has 0 atom stereocenters. The van der Waals surface area contributed by atoms with Gasteiger partial charge in [0.25, 0.3) is 0 Å². The molecule has 18 heavy (non-hydrogen) atoms. The lowest BCUT2D eigenvalue weighted by Crippen LogP contribution is -2.22. The fraction of sp³-hybridized carbons (Fsp3) is 0.231. The number of hydrogen-bond donors (Lipinski definition) is 0. The maximum absolute atomic E-state index is 11.4. The van der Waals surface area contributed by atoms with Gasteiger partial charge in [0, 0.05) is 5.39 Å². The molecule has 2 aromatic rings. The molecule has 1 aromatic carbocycles. The van der Waals surface area contributed by atoms with Crippen LogP contribution in [-0.4, -0.2) is 26.8 Å². The molecule has 0 unspecified atom stereocenters. The van der Waals surface area contributed by atoms with Crippen LogP contribution in [0, 0.1) is 0 Å². The monoisotopic (exact) mass is 260 g/mol. The van der Waals surface area contributed by atoms with E-state index in [9.17, 15) is 9.59 Å². The highest BCUT2D eigenvalue weighted by atomic mass is 32.2. The van der Waals surface area contributed by atoms with E-state index in [2.05, 4.69) is 9.97 Å². The highest BCUT2D eigenvalue weighted by Gasteiger charge is 2.22. The molecule has 0 saturated heterocycles. The molecule has 5 heteroatoms. The quantitative estimate of drug-likeness (QED) is 0.479. The summed E-state index contributed by atoms with van der Waals surface area (Å²) in [4.78, 5) is 31.2. The Morgan fingerprint density at radius 3 is 2.44 bits per heavy atom. The van der Waals surface area contributed by atoms with E-state index in [-0.39, 0.29) is 11.6 Å². The number of para-hydroxylation sites is 1. The molecule has 92 valence electrons. The molecular weight excluding hydrogens is 248 g/mol. The Morgan fingerprint density at radius 1 is 1.11 bits per heavy atom. The van der Waals surface area contributed by atoms with Crippen LogP contribution in [0.25, 0.3) is 10.9 Å². The van der Waals surface area contributed by atoms with Gasteiger partial charge in [-0.3, -0.25) is 9.59 Å². The fourth-order valence-corrected chi connectivity index (χ4v) is 2.60. The van der Waals surface area contributed by atoms with Gasteiger partial charge in [0.15, 0.2) is 11.6 Å². The molecule has 0 aliphatic carbocycles. The van der Waals surface area contributed by atoms with E-state index in [0.717, 1.165) is 10.9 Å². The predicted molar refractivity (Wildman–Crippen MR) is 70.5 cm³/mol. The van der Waals surface area contributed by atoms with Gasteiger partial charge < -0.3 is 0 Å². The number of nitrogens with zero attached hydrogens (tertiary/aromatic N) is 2. The van der Waals surface area contributed by atoms with Crippen LogP contribution >= 0.6 is 11.8 Å². The maximum atomic E-state index is 11.4. The first kappa shape index (κ1) is 12.7. The summed E-state index contributed by atoms with van der Waals surface area (Å²) < 4.78 is 0. The number of carbonyl (C=O) groups excluding carboxylic acids is 2. The zero-order valence-electron chi connectivity index (χ0n) is 10.1. The van der Waals surface area contributed by atoms with E-state index in [4.69, 9.17) is 0 Å². The third-order valence-electron chi connectivity index (χ3n) is 2.47. The van der Waals surface area contributed by atoms with Gasteiger partial charge in [0.1, 0.15) is 16.6 Å². The second kappa shape index (κ2) is 5.27. The van der Waals surface area contributed by atoms with Gasteiger partial charge in [0.2, 0.25) is 0 Å². The Hall–Kier alpha value is -1.75. The van der Waals surface area contributed by atoms with Crippen molar-refractivity contribution < 1.29 is 9.59 Å². The molecule has 0 bridgehead atoms. The maximum Gasteiger partial charge on any atom is 0.150 e. The molecule has 0 N–H and O–H groups in total. The fourth-order valence-electron chi connectivity index (χ4n) is 1.64. The minimum absolute atomic E-state index is 0.157. The number of thioether (sulfide) groups is 1. The zero-order valence-corrected chi connectivity index (χ0v) is 10.9. The smallest absolute Gasteiger partial charge is 0.150 e. The van der Waals surface area contributed by atoms with E-state index >= 15 is 0 Å². The van der Waals surface area contributed by atoms with Gasteiger partial charge in [-0.1, -0.05) is 30.0 Å². The average Bonchev–Trinajstić information content (AvgIpc) is 2.35. The van der Waals surface area contributed by atoms with Crippen LogP contribution in [0.15, 0.2) is 35.6 Å². The normalized spacial score (nSPS) is 10.8. The second-order valence-corrected chi connectivity index (χ2v) is 5.01. The van der Waals surface area contributed by atoms with Gasteiger partial charge in [0.05, 0.1) is 5.52 Å². The van der Waals surface area contributed by atoms with Crippen molar-refractivity contribution in [3.05, 3.63) is 30.6 Å². The minimum atomic E-state index is -0.691. The van der Waals surface area contributed by atoms with Crippen LogP contribution in [0.1, 0.15) is 13.8 Å². The Bertz CT molecular complexity index is 593. The summed E-state index contributed by atoms with van der Waals surface area (Å²) in [6.07, 6.45) is 1.45. The third-order valence-corrected chi connectivity index (χ3v) is 3.92. The van der Waals surface area contributed by atoms with Crippen molar-refractivity contribution in [1.29, 1.82) is 0 Å². The van der Waals surface area contributed by atoms with E-state index in [0.29, 0.717) is 5.03 Å². The van der Waals surface area contributed by atoms with Crippen LogP contribution in [0.4, 0.5) is 0 Å². The van der Waals surface area contributed by atoms with Crippen molar-refractivity contribution in [2.24, 2.45) is 0 Å². The Morgan fingerprint density at radius 2 is 1.78 bits per heavy atom. The number of carbonyl (C=O) groups is 2. The van der Waals surface area contributed by atoms with Crippen LogP contribution in [0.3, 0.4) is 0 Å². The Labute approximate surface area is 109 Å². The molecule has 0 radical (unpaired) electrons. The largest absolute Gasteiger partial charge is 0.298 e. The lowest BCUT2D eigenvalue weighted by atomic mass is 10.2. The number of fused-ring (bicyclic) bond motifs is 1. The lowest BCUT2D eigenvalue weighted by Gasteiger charge is -2.10. The Kier molecular flexibility index (Phi) is 3.72. The van der Waals surface area contributed by atoms with Crippen molar-refractivity contribution in [2.45, 2.75) is 24.1 Å². The summed E-state index contributed by atoms with van der Waals surface area (Å²) in [6.45, 7) is 2.84. The summed E-state index contributed by atoms with van der Waals surface area (Å²) in [5.74, 6) is -0.314. The summed E-state index contributed by atoms with van der Waals surface area (Å²) in [7, 11) is 0. The van der Waals surface area contributed by atoms with Crippen molar-refractivity contribution in [3.8, 4) is 0 Å². The first-order valence-corrected chi connectivity index (χ1v) is 6.35. The molecule has 1 heterocycles. The van der Waals surface area contributed by atoms with Crippen LogP contribution in [-0.2, 0) is 9.59 Å². The summed E-state index contributed by atoms with van der Waals surface area (Å²) in [5, 5.41) is 0.830. The second-order valence-electron chi connectivity index (χ2n) is 3.92. The van der Waals surface area contributed by atoms with E-state index in [1.807, 2.05) is 24.3 Å². The topological polar surface area (TPSA) is 59.9 Å². The summed E-state index contributed by atoms with van der Waals surface area (Å²) >= 11 is 1.18. The number of rotatable bonds is 4. The molecule has 4 nitrogen and oxygen atoms in total. The molecule has 1 aromatic heterocycles. The van der Waals surface area contributed by atoms with E-state index < -0.39 is 5.25 Å². The van der Waals surface area contributed by atoms with E-state index in [1.165, 1.54) is 31.9 Å². The number of ketones is 2. The number of aromatic nitrogens is 2. The molecule has 0 aliphatic rings. The van der Waals surface area contributed by atoms with Gasteiger partial charge in [-0.15, -0.1) is 0 Å². The molecule has 0 fully saturated rings. The number of hydrogen-bond acceptors (Lipinski definition) is 5. The van der Waals surface area contributed by atoms with Crippen LogP contribution in [0.2, 0.25) is 0 Å². The average molecular weight is 260 g/mol. The van der Waals surface area contributed by atoms with Gasteiger partial charge in [-0.05, 0) is 19.9 Å². The first-order valence-electron chi connectivity index (χ1n) is 5.47. The van der Waals surface area contributed by atoms with Gasteiger partial charge in [-0.25, -0.2) is 9.97 Å². The van der Waals surface area contributed by atoms with Crippen LogP contribution in [0.5, 0.6) is 0 Å². The first-order chi connectivity index (χ1) is 8.59. The number of Topliss-reactive ketones (excluding diaryl/α,β-unsaturated/α-hetero) is 2. The molecule has 0 spiro atoms. The number of benzene rings is 1. The standard InChI is InChI=1S/C13H12N2O2S/c1-8(16)12(9(2)17)18-13-10-5-3-4-6-11(10)14-7-15-13/h3-7,12H,1-2H3. The Balaban J connectivity index is 2.42. The highest BCUT2D eigenvalue weighted by Crippen LogP contribution is 2.28. The molecule has 0 saturated carbocycles. The summed E-state index contributed by atoms with van der Waals surface area (Å²) in [6, 6.07) is 7.52. The van der Waals surface area contributed by atoms with Crippen molar-refractivity contribution in [2.75, 3.05) is 0 Å². The van der Waals surface area contributed by atoms with Gasteiger partial charge >= 0.3 is 0 Å².